The van der Waals surface area contributed by atoms with Crippen LogP contribution in [-0.4, -0.2) is 85.3 Å². The van der Waals surface area contributed by atoms with Gasteiger partial charge in [-0.3, -0.25) is 29.5 Å². The lowest BCUT2D eigenvalue weighted by Crippen LogP contribution is -2.35. The predicted molar refractivity (Wildman–Crippen MR) is 95.8 cm³/mol. The quantitative estimate of drug-likeness (QED) is 0.0891. The average Bonchev–Trinajstić information content (AvgIpc) is 3.02. The van der Waals surface area contributed by atoms with Gasteiger partial charge in [0, 0.05) is 31.7 Å². The summed E-state index contributed by atoms with van der Waals surface area (Å²) in [4.78, 5) is 54.8. The first-order chi connectivity index (χ1) is 14.5. The number of nitrogens with zero attached hydrogens (tertiary/aromatic N) is 1. The number of rotatable bonds is 12. The second kappa shape index (κ2) is 14.9. The van der Waals surface area contributed by atoms with Gasteiger partial charge in [0.25, 0.3) is 11.8 Å². The smallest absolute Gasteiger partial charge is 0.475 e. The number of imide groups is 1. The number of aliphatic carboxylic acids is 1. The molecule has 5 N–H and O–H groups in total. The van der Waals surface area contributed by atoms with Gasteiger partial charge in [-0.1, -0.05) is 0 Å². The van der Waals surface area contributed by atoms with Crippen molar-refractivity contribution in [2.24, 2.45) is 5.84 Å². The minimum Gasteiger partial charge on any atom is -0.475 e. The Kier molecular flexibility index (Phi) is 13.4. The summed E-state index contributed by atoms with van der Waals surface area (Å²) in [6, 6.07) is 0. The van der Waals surface area contributed by atoms with Crippen molar-refractivity contribution in [1.82, 2.24) is 15.6 Å². The molecule has 4 amide bonds. The van der Waals surface area contributed by atoms with Crippen molar-refractivity contribution in [3.8, 4) is 0 Å². The van der Waals surface area contributed by atoms with Crippen molar-refractivity contribution in [2.45, 2.75) is 19.0 Å². The minimum absolute atomic E-state index is 0.0471. The summed E-state index contributed by atoms with van der Waals surface area (Å²) in [6.07, 6.45) is -2.49. The van der Waals surface area contributed by atoms with Crippen LogP contribution < -0.4 is 16.6 Å². The van der Waals surface area contributed by atoms with Gasteiger partial charge in [-0.2, -0.15) is 13.2 Å². The molecule has 0 fully saturated rings. The average molecular weight is 456 g/mol. The Hall–Kier alpha value is -3.04. The van der Waals surface area contributed by atoms with Crippen molar-refractivity contribution < 1.29 is 51.7 Å². The number of alkyl halides is 3. The van der Waals surface area contributed by atoms with E-state index in [9.17, 15) is 32.3 Å². The van der Waals surface area contributed by atoms with Gasteiger partial charge in [0.05, 0.1) is 32.8 Å². The molecule has 176 valence electrons. The molecule has 0 aromatic heterocycles. The van der Waals surface area contributed by atoms with Crippen LogP contribution in [-0.2, 0) is 33.4 Å². The first kappa shape index (κ1) is 28.0. The molecule has 12 nitrogen and oxygen atoms in total. The van der Waals surface area contributed by atoms with Crippen molar-refractivity contribution in [3.05, 3.63) is 12.2 Å². The van der Waals surface area contributed by atoms with E-state index in [1.807, 2.05) is 5.43 Å². The van der Waals surface area contributed by atoms with Gasteiger partial charge >= 0.3 is 12.1 Å². The van der Waals surface area contributed by atoms with Crippen LogP contribution in [0.3, 0.4) is 0 Å². The third-order valence-electron chi connectivity index (χ3n) is 3.28. The molecule has 0 aromatic carbocycles. The topological polar surface area (TPSA) is 177 Å². The first-order valence-corrected chi connectivity index (χ1v) is 8.74. The summed E-state index contributed by atoms with van der Waals surface area (Å²) in [6.45, 7) is 1.60. The zero-order valence-electron chi connectivity index (χ0n) is 16.3. The molecule has 31 heavy (non-hydrogen) atoms. The number of hydrazine groups is 1. The molecule has 0 unspecified atom stereocenters. The number of nitrogens with two attached hydrogens (primary N) is 1. The Morgan fingerprint density at radius 2 is 1.48 bits per heavy atom. The van der Waals surface area contributed by atoms with Gasteiger partial charge in [0.2, 0.25) is 11.8 Å². The molecule has 1 rings (SSSR count). The summed E-state index contributed by atoms with van der Waals surface area (Å²) in [5.41, 5.74) is 1.99. The SMILES string of the molecule is NNC(=O)CCOCCOCCNC(=O)CCN1C(=O)C=CC1=O.O=C(O)C(F)(F)F. The highest BCUT2D eigenvalue weighted by Gasteiger charge is 2.38. The standard InChI is InChI=1S/C14H22N4O6.C2HF3O2/c15-17-12(20)4-7-23-9-10-24-8-5-16-11(19)3-6-18-13(21)1-2-14(18)22;3-2(4,5)1(6)7/h1-2H,3-10,15H2,(H,16,19)(H,17,20);(H,6,7). The number of carboxylic acids is 1. The Balaban J connectivity index is 0.00000110. The van der Waals surface area contributed by atoms with Crippen LogP contribution in [0.2, 0.25) is 0 Å². The molecule has 0 bridgehead atoms. The van der Waals surface area contributed by atoms with Crippen LogP contribution in [0.25, 0.3) is 0 Å². The van der Waals surface area contributed by atoms with Gasteiger partial charge in [-0.05, 0) is 0 Å². The lowest BCUT2D eigenvalue weighted by molar-refractivity contribution is -0.192. The predicted octanol–water partition coefficient (Wildman–Crippen LogP) is -1.54. The maximum Gasteiger partial charge on any atom is 0.490 e. The Bertz CT molecular complexity index is 652. The molecule has 15 heteroatoms. The fraction of sp³-hybridized carbons (Fsp3) is 0.562. The number of amides is 4. The van der Waals surface area contributed by atoms with Gasteiger partial charge in [-0.15, -0.1) is 0 Å². The van der Waals surface area contributed by atoms with Crippen LogP contribution in [0.5, 0.6) is 0 Å². The molecule has 0 atom stereocenters. The Morgan fingerprint density at radius 3 is 1.97 bits per heavy atom. The monoisotopic (exact) mass is 456 g/mol. The molecular formula is C16H23F3N4O8. The number of carboxylic acid groups (broad SMARTS) is 1. The molecule has 0 spiro atoms. The molecule has 0 saturated heterocycles. The largest absolute Gasteiger partial charge is 0.490 e. The number of hydrogen-bond donors (Lipinski definition) is 4. The molecule has 0 radical (unpaired) electrons. The summed E-state index contributed by atoms with van der Waals surface area (Å²) < 4.78 is 42.1. The van der Waals surface area contributed by atoms with Crippen LogP contribution in [0.15, 0.2) is 12.2 Å². The molecule has 1 aliphatic heterocycles. The van der Waals surface area contributed by atoms with E-state index in [-0.39, 0.29) is 37.8 Å². The number of carbonyl (C=O) groups is 5. The van der Waals surface area contributed by atoms with Crippen LogP contribution >= 0.6 is 0 Å². The van der Waals surface area contributed by atoms with E-state index in [0.717, 1.165) is 4.90 Å². The van der Waals surface area contributed by atoms with Gasteiger partial charge in [-0.25, -0.2) is 10.6 Å². The number of halogens is 3. The molecule has 0 saturated carbocycles. The first-order valence-electron chi connectivity index (χ1n) is 8.74. The van der Waals surface area contributed by atoms with E-state index in [1.54, 1.807) is 0 Å². The van der Waals surface area contributed by atoms with E-state index in [1.165, 1.54) is 12.2 Å². The molecule has 0 aliphatic carbocycles. The van der Waals surface area contributed by atoms with E-state index >= 15 is 0 Å². The number of hydrogen-bond acceptors (Lipinski definition) is 8. The highest BCUT2D eigenvalue weighted by molar-refractivity contribution is 6.13. The highest BCUT2D eigenvalue weighted by Crippen LogP contribution is 2.13. The zero-order valence-corrected chi connectivity index (χ0v) is 16.3. The highest BCUT2D eigenvalue weighted by atomic mass is 19.4. The van der Waals surface area contributed by atoms with Gasteiger partial charge in [0.15, 0.2) is 0 Å². The molecular weight excluding hydrogens is 433 g/mol. The lowest BCUT2D eigenvalue weighted by atomic mass is 10.3. The minimum atomic E-state index is -5.08. The van der Waals surface area contributed by atoms with Crippen LogP contribution in [0.4, 0.5) is 13.2 Å². The fourth-order valence-corrected chi connectivity index (χ4v) is 1.77. The lowest BCUT2D eigenvalue weighted by Gasteiger charge is -2.13. The number of nitrogens with one attached hydrogen (secondary N) is 2. The third-order valence-corrected chi connectivity index (χ3v) is 3.28. The summed E-state index contributed by atoms with van der Waals surface area (Å²) in [7, 11) is 0. The molecule has 1 heterocycles. The van der Waals surface area contributed by atoms with Crippen molar-refractivity contribution in [1.29, 1.82) is 0 Å². The van der Waals surface area contributed by atoms with Crippen molar-refractivity contribution >= 4 is 29.6 Å². The number of carbonyl (C=O) groups excluding carboxylic acids is 4. The van der Waals surface area contributed by atoms with E-state index in [4.69, 9.17) is 25.2 Å². The van der Waals surface area contributed by atoms with Crippen molar-refractivity contribution in [2.75, 3.05) is 39.5 Å². The normalized spacial score (nSPS) is 13.0. The number of ether oxygens (including phenoxy) is 2. The van der Waals surface area contributed by atoms with Gasteiger partial charge in [0.1, 0.15) is 0 Å². The Morgan fingerprint density at radius 1 is 0.968 bits per heavy atom. The maximum atomic E-state index is 11.6. The second-order valence-electron chi connectivity index (χ2n) is 5.61. The fourth-order valence-electron chi connectivity index (χ4n) is 1.77. The summed E-state index contributed by atoms with van der Waals surface area (Å²) in [5.74, 6) is 0.779. The third kappa shape index (κ3) is 13.7. The van der Waals surface area contributed by atoms with Crippen LogP contribution in [0.1, 0.15) is 12.8 Å². The zero-order chi connectivity index (χ0) is 23.9. The molecule has 0 aromatic rings. The van der Waals surface area contributed by atoms with Crippen LogP contribution in [0, 0.1) is 0 Å². The van der Waals surface area contributed by atoms with E-state index in [2.05, 4.69) is 5.32 Å². The second-order valence-corrected chi connectivity index (χ2v) is 5.61. The summed E-state index contributed by atoms with van der Waals surface area (Å²) >= 11 is 0. The Labute approximate surface area is 174 Å². The van der Waals surface area contributed by atoms with Gasteiger partial charge < -0.3 is 19.9 Å². The molecule has 1 aliphatic rings. The summed E-state index contributed by atoms with van der Waals surface area (Å²) in [5, 5.41) is 9.74. The maximum absolute atomic E-state index is 11.6. The van der Waals surface area contributed by atoms with E-state index < -0.39 is 24.0 Å². The van der Waals surface area contributed by atoms with E-state index in [0.29, 0.717) is 26.4 Å². The van der Waals surface area contributed by atoms with Crippen molar-refractivity contribution in [3.63, 3.8) is 0 Å².